The SMILES string of the molecule is CC(C)CN1C(=O)CS[C@H](C(=O)O)[C@H]1c1ccncc1. The molecule has 2 rings (SSSR count). The van der Waals surface area contributed by atoms with Gasteiger partial charge in [-0.15, -0.1) is 11.8 Å². The van der Waals surface area contributed by atoms with Gasteiger partial charge in [-0.3, -0.25) is 14.6 Å². The molecule has 0 saturated carbocycles. The molecule has 1 N–H and O–H groups in total. The van der Waals surface area contributed by atoms with Crippen LogP contribution in [0.1, 0.15) is 25.5 Å². The van der Waals surface area contributed by atoms with Crippen molar-refractivity contribution in [2.24, 2.45) is 5.92 Å². The van der Waals surface area contributed by atoms with Crippen molar-refractivity contribution < 1.29 is 14.7 Å². The Labute approximate surface area is 122 Å². The third kappa shape index (κ3) is 3.12. The van der Waals surface area contributed by atoms with Crippen LogP contribution in [0.3, 0.4) is 0 Å². The van der Waals surface area contributed by atoms with E-state index in [1.165, 1.54) is 11.8 Å². The minimum absolute atomic E-state index is 0.00279. The Kier molecular flexibility index (Phi) is 4.65. The highest BCUT2D eigenvalue weighted by molar-refractivity contribution is 8.01. The average molecular weight is 294 g/mol. The van der Waals surface area contributed by atoms with Gasteiger partial charge in [0, 0.05) is 18.9 Å². The maximum absolute atomic E-state index is 12.2. The monoisotopic (exact) mass is 294 g/mol. The molecule has 1 aromatic heterocycles. The minimum atomic E-state index is -0.877. The molecule has 1 aliphatic heterocycles. The summed E-state index contributed by atoms with van der Waals surface area (Å²) in [6, 6.07) is 3.14. The molecule has 1 aromatic rings. The zero-order chi connectivity index (χ0) is 14.7. The number of amides is 1. The van der Waals surface area contributed by atoms with Gasteiger partial charge < -0.3 is 10.0 Å². The first kappa shape index (κ1) is 14.8. The number of pyridine rings is 1. The molecular weight excluding hydrogens is 276 g/mol. The van der Waals surface area contributed by atoms with Crippen LogP contribution in [0.15, 0.2) is 24.5 Å². The van der Waals surface area contributed by atoms with Crippen LogP contribution in [0.4, 0.5) is 0 Å². The number of carboxylic acids is 1. The predicted octanol–water partition coefficient (Wildman–Crippen LogP) is 1.81. The number of carbonyl (C=O) groups is 2. The van der Waals surface area contributed by atoms with Crippen LogP contribution >= 0.6 is 11.8 Å². The molecule has 1 amide bonds. The number of hydrogen-bond acceptors (Lipinski definition) is 4. The lowest BCUT2D eigenvalue weighted by molar-refractivity contribution is -0.140. The predicted molar refractivity (Wildman–Crippen MR) is 77.4 cm³/mol. The van der Waals surface area contributed by atoms with Crippen molar-refractivity contribution in [3.63, 3.8) is 0 Å². The first-order chi connectivity index (χ1) is 9.50. The molecule has 0 radical (unpaired) electrons. The second-order valence-electron chi connectivity index (χ2n) is 5.24. The standard InChI is InChI=1S/C14H18N2O3S/c1-9(2)7-16-11(17)8-20-13(14(18)19)12(16)10-3-5-15-6-4-10/h3-6,9,12-13H,7-8H2,1-2H3,(H,18,19)/t12-,13+/m1/s1. The van der Waals surface area contributed by atoms with E-state index >= 15 is 0 Å². The van der Waals surface area contributed by atoms with Gasteiger partial charge in [-0.25, -0.2) is 0 Å². The number of aromatic nitrogens is 1. The van der Waals surface area contributed by atoms with Crippen LogP contribution in [-0.4, -0.2) is 44.4 Å². The van der Waals surface area contributed by atoms with Crippen LogP contribution in [0.2, 0.25) is 0 Å². The molecular formula is C14H18N2O3S. The smallest absolute Gasteiger partial charge is 0.319 e. The third-order valence-electron chi connectivity index (χ3n) is 3.18. The second kappa shape index (κ2) is 6.26. The third-order valence-corrected chi connectivity index (χ3v) is 4.41. The van der Waals surface area contributed by atoms with Crippen LogP contribution in [0.5, 0.6) is 0 Å². The Balaban J connectivity index is 2.39. The summed E-state index contributed by atoms with van der Waals surface area (Å²) in [6.45, 7) is 4.61. The quantitative estimate of drug-likeness (QED) is 0.917. The summed E-state index contributed by atoms with van der Waals surface area (Å²) in [5.74, 6) is -0.354. The van der Waals surface area contributed by atoms with E-state index in [0.717, 1.165) is 5.56 Å². The van der Waals surface area contributed by atoms with E-state index in [1.807, 2.05) is 13.8 Å². The van der Waals surface area contributed by atoms with Gasteiger partial charge in [0.05, 0.1) is 11.8 Å². The van der Waals surface area contributed by atoms with E-state index in [9.17, 15) is 14.7 Å². The molecule has 1 aliphatic rings. The minimum Gasteiger partial charge on any atom is -0.480 e. The maximum atomic E-state index is 12.2. The molecule has 20 heavy (non-hydrogen) atoms. The maximum Gasteiger partial charge on any atom is 0.319 e. The molecule has 0 aliphatic carbocycles. The van der Waals surface area contributed by atoms with Gasteiger partial charge in [0.1, 0.15) is 5.25 Å². The molecule has 0 spiro atoms. The topological polar surface area (TPSA) is 70.5 Å². The van der Waals surface area contributed by atoms with Crippen LogP contribution in [0.25, 0.3) is 0 Å². The highest BCUT2D eigenvalue weighted by atomic mass is 32.2. The fraction of sp³-hybridized carbons (Fsp3) is 0.500. The highest BCUT2D eigenvalue weighted by Gasteiger charge is 2.41. The zero-order valence-electron chi connectivity index (χ0n) is 11.5. The Morgan fingerprint density at radius 2 is 2.15 bits per heavy atom. The van der Waals surface area contributed by atoms with Gasteiger partial charge in [-0.05, 0) is 23.6 Å². The number of rotatable bonds is 4. The molecule has 6 heteroatoms. The molecule has 108 valence electrons. The van der Waals surface area contributed by atoms with Crippen molar-refractivity contribution in [2.45, 2.75) is 25.1 Å². The number of thioether (sulfide) groups is 1. The summed E-state index contributed by atoms with van der Waals surface area (Å²) in [6.07, 6.45) is 3.26. The van der Waals surface area contributed by atoms with Crippen LogP contribution in [-0.2, 0) is 9.59 Å². The fourth-order valence-electron chi connectivity index (χ4n) is 2.38. The van der Waals surface area contributed by atoms with Crippen LogP contribution in [0, 0.1) is 5.92 Å². The molecule has 0 bridgehead atoms. The van der Waals surface area contributed by atoms with Crippen molar-refractivity contribution in [2.75, 3.05) is 12.3 Å². The lowest BCUT2D eigenvalue weighted by atomic mass is 10.0. The molecule has 5 nitrogen and oxygen atoms in total. The van der Waals surface area contributed by atoms with E-state index in [-0.39, 0.29) is 11.7 Å². The average Bonchev–Trinajstić information content (AvgIpc) is 2.41. The van der Waals surface area contributed by atoms with Crippen LogP contribution < -0.4 is 0 Å². The second-order valence-corrected chi connectivity index (χ2v) is 6.37. The fourth-order valence-corrected chi connectivity index (χ4v) is 3.50. The van der Waals surface area contributed by atoms with Crippen molar-refractivity contribution in [1.82, 2.24) is 9.88 Å². The number of hydrogen-bond donors (Lipinski definition) is 1. The van der Waals surface area contributed by atoms with Crippen molar-refractivity contribution in [1.29, 1.82) is 0 Å². The first-order valence-corrected chi connectivity index (χ1v) is 7.59. The van der Waals surface area contributed by atoms with Crippen molar-refractivity contribution in [3.8, 4) is 0 Å². The van der Waals surface area contributed by atoms with Gasteiger partial charge in [-0.2, -0.15) is 0 Å². The van der Waals surface area contributed by atoms with Gasteiger partial charge >= 0.3 is 5.97 Å². The summed E-state index contributed by atoms with van der Waals surface area (Å²) in [7, 11) is 0. The summed E-state index contributed by atoms with van der Waals surface area (Å²) >= 11 is 1.20. The molecule has 2 heterocycles. The largest absolute Gasteiger partial charge is 0.480 e. The summed E-state index contributed by atoms with van der Waals surface area (Å²) < 4.78 is 0. The van der Waals surface area contributed by atoms with Crippen molar-refractivity contribution in [3.05, 3.63) is 30.1 Å². The van der Waals surface area contributed by atoms with Gasteiger partial charge in [0.25, 0.3) is 0 Å². The molecule has 0 unspecified atom stereocenters. The first-order valence-electron chi connectivity index (χ1n) is 6.54. The van der Waals surface area contributed by atoms with E-state index in [4.69, 9.17) is 0 Å². The summed E-state index contributed by atoms with van der Waals surface area (Å²) in [5, 5.41) is 8.80. The van der Waals surface area contributed by atoms with E-state index < -0.39 is 17.3 Å². The number of aliphatic carboxylic acids is 1. The zero-order valence-corrected chi connectivity index (χ0v) is 12.3. The molecule has 2 atom stereocenters. The normalized spacial score (nSPS) is 23.1. The van der Waals surface area contributed by atoms with Gasteiger partial charge in [0.2, 0.25) is 5.91 Å². The Morgan fingerprint density at radius 1 is 1.50 bits per heavy atom. The summed E-state index contributed by atoms with van der Waals surface area (Å²) in [4.78, 5) is 29.3. The van der Waals surface area contributed by atoms with E-state index in [0.29, 0.717) is 12.5 Å². The Hall–Kier alpha value is -1.56. The summed E-state index contributed by atoms with van der Waals surface area (Å²) in [5.41, 5.74) is 0.827. The van der Waals surface area contributed by atoms with Gasteiger partial charge in [0.15, 0.2) is 0 Å². The lowest BCUT2D eigenvalue weighted by Crippen LogP contribution is -2.49. The Morgan fingerprint density at radius 3 is 2.70 bits per heavy atom. The molecule has 1 fully saturated rings. The Bertz CT molecular complexity index is 492. The van der Waals surface area contributed by atoms with Crippen molar-refractivity contribution >= 4 is 23.6 Å². The number of carboxylic acid groups (broad SMARTS) is 1. The van der Waals surface area contributed by atoms with Gasteiger partial charge in [-0.1, -0.05) is 13.8 Å². The number of nitrogens with zero attached hydrogens (tertiary/aromatic N) is 2. The van der Waals surface area contributed by atoms with E-state index in [1.54, 1.807) is 29.4 Å². The van der Waals surface area contributed by atoms with E-state index in [2.05, 4.69) is 4.98 Å². The number of carbonyl (C=O) groups excluding carboxylic acids is 1. The lowest BCUT2D eigenvalue weighted by Gasteiger charge is -2.40. The molecule has 1 saturated heterocycles. The highest BCUT2D eigenvalue weighted by Crippen LogP contribution is 2.37. The molecule has 0 aromatic carbocycles.